The van der Waals surface area contributed by atoms with Crippen molar-refractivity contribution in [2.45, 2.75) is 38.7 Å². The van der Waals surface area contributed by atoms with Crippen molar-refractivity contribution >= 4 is 0 Å². The van der Waals surface area contributed by atoms with Crippen molar-refractivity contribution in [3.8, 4) is 0 Å². The Labute approximate surface area is 95.6 Å². The first-order valence-electron chi connectivity index (χ1n) is 5.93. The molecule has 1 aliphatic heterocycles. The van der Waals surface area contributed by atoms with Crippen molar-refractivity contribution in [3.05, 3.63) is 17.8 Å². The molecule has 1 aliphatic rings. The van der Waals surface area contributed by atoms with E-state index in [9.17, 15) is 5.11 Å². The molecule has 0 bridgehead atoms. The molecular formula is C12H19NO3. The molecule has 1 N–H and O–H groups in total. The number of hydrogen-bond donors (Lipinski definition) is 1. The first-order chi connectivity index (χ1) is 7.74. The van der Waals surface area contributed by atoms with Gasteiger partial charge in [0.15, 0.2) is 5.89 Å². The number of aliphatic hydroxyl groups is 1. The average Bonchev–Trinajstić information content (AvgIpc) is 2.66. The lowest BCUT2D eigenvalue weighted by Crippen LogP contribution is -2.17. The van der Waals surface area contributed by atoms with E-state index in [0.717, 1.165) is 44.1 Å². The fraction of sp³-hybridized carbons (Fsp3) is 0.750. The summed E-state index contributed by atoms with van der Waals surface area (Å²) in [6.07, 6.45) is 4.94. The second-order valence-electron chi connectivity index (χ2n) is 4.55. The van der Waals surface area contributed by atoms with Gasteiger partial charge in [-0.2, -0.15) is 0 Å². The van der Waals surface area contributed by atoms with Gasteiger partial charge in [-0.3, -0.25) is 0 Å². The highest BCUT2D eigenvalue weighted by Gasteiger charge is 2.17. The zero-order chi connectivity index (χ0) is 11.4. The minimum absolute atomic E-state index is 0.360. The maximum absolute atomic E-state index is 9.24. The fourth-order valence-electron chi connectivity index (χ4n) is 2.04. The second-order valence-corrected chi connectivity index (χ2v) is 4.55. The normalized spacial score (nSPS) is 19.9. The predicted molar refractivity (Wildman–Crippen MR) is 59.1 cm³/mol. The highest BCUT2D eigenvalue weighted by Crippen LogP contribution is 2.19. The summed E-state index contributed by atoms with van der Waals surface area (Å²) < 4.78 is 10.7. The van der Waals surface area contributed by atoms with Crippen molar-refractivity contribution in [2.75, 3.05) is 13.2 Å². The molecule has 0 aromatic carbocycles. The zero-order valence-corrected chi connectivity index (χ0v) is 9.69. The molecule has 16 heavy (non-hydrogen) atoms. The summed E-state index contributed by atoms with van der Waals surface area (Å²) in [5.41, 5.74) is 0.844. The third-order valence-electron chi connectivity index (χ3n) is 2.91. The van der Waals surface area contributed by atoms with Gasteiger partial charge < -0.3 is 14.3 Å². The molecule has 0 saturated carbocycles. The van der Waals surface area contributed by atoms with E-state index >= 15 is 0 Å². The molecule has 1 saturated heterocycles. The molecule has 1 unspecified atom stereocenters. The standard InChI is InChI=1S/C12H19NO3/c1-9(14)6-11-8-16-12(13-11)7-10-2-4-15-5-3-10/h8-10,14H,2-7H2,1H3. The van der Waals surface area contributed by atoms with Crippen molar-refractivity contribution in [1.82, 2.24) is 4.98 Å². The summed E-state index contributed by atoms with van der Waals surface area (Å²) in [6.45, 7) is 3.46. The molecular weight excluding hydrogens is 206 g/mol. The van der Waals surface area contributed by atoms with Crippen LogP contribution in [0, 0.1) is 5.92 Å². The van der Waals surface area contributed by atoms with E-state index in [4.69, 9.17) is 9.15 Å². The summed E-state index contributed by atoms with van der Waals surface area (Å²) >= 11 is 0. The second kappa shape index (κ2) is 5.46. The zero-order valence-electron chi connectivity index (χ0n) is 9.69. The van der Waals surface area contributed by atoms with Gasteiger partial charge in [-0.25, -0.2) is 4.98 Å². The quantitative estimate of drug-likeness (QED) is 0.845. The maximum atomic E-state index is 9.24. The number of hydrogen-bond acceptors (Lipinski definition) is 4. The molecule has 4 nitrogen and oxygen atoms in total. The van der Waals surface area contributed by atoms with Crippen LogP contribution in [0.4, 0.5) is 0 Å². The molecule has 0 aliphatic carbocycles. The van der Waals surface area contributed by atoms with Gasteiger partial charge in [-0.05, 0) is 25.7 Å². The lowest BCUT2D eigenvalue weighted by atomic mass is 9.97. The maximum Gasteiger partial charge on any atom is 0.194 e. The van der Waals surface area contributed by atoms with E-state index in [2.05, 4.69) is 4.98 Å². The summed E-state index contributed by atoms with van der Waals surface area (Å²) in [5.74, 6) is 1.43. The lowest BCUT2D eigenvalue weighted by Gasteiger charge is -2.20. The topological polar surface area (TPSA) is 55.5 Å². The van der Waals surface area contributed by atoms with Crippen LogP contribution in [0.5, 0.6) is 0 Å². The summed E-state index contributed by atoms with van der Waals surface area (Å²) in [7, 11) is 0. The summed E-state index contributed by atoms with van der Waals surface area (Å²) in [5, 5.41) is 9.24. The SMILES string of the molecule is CC(O)Cc1coc(CC2CCOCC2)n1. The van der Waals surface area contributed by atoms with E-state index in [-0.39, 0.29) is 6.10 Å². The number of aromatic nitrogens is 1. The predicted octanol–water partition coefficient (Wildman–Crippen LogP) is 1.57. The van der Waals surface area contributed by atoms with Gasteiger partial charge in [0.1, 0.15) is 6.26 Å². The molecule has 2 rings (SSSR count). The third-order valence-corrected chi connectivity index (χ3v) is 2.91. The molecule has 2 heterocycles. The molecule has 4 heteroatoms. The van der Waals surface area contributed by atoms with E-state index in [1.54, 1.807) is 13.2 Å². The number of aliphatic hydroxyl groups excluding tert-OH is 1. The number of oxazole rings is 1. The Balaban J connectivity index is 1.86. The Morgan fingerprint density at radius 1 is 1.50 bits per heavy atom. The van der Waals surface area contributed by atoms with Crippen LogP contribution in [0.25, 0.3) is 0 Å². The first-order valence-corrected chi connectivity index (χ1v) is 5.93. The van der Waals surface area contributed by atoms with Crippen LogP contribution >= 0.6 is 0 Å². The van der Waals surface area contributed by atoms with Gasteiger partial charge in [0.05, 0.1) is 11.8 Å². The molecule has 1 aromatic rings. The Kier molecular flexibility index (Phi) is 3.96. The summed E-state index contributed by atoms with van der Waals surface area (Å²) in [6, 6.07) is 0. The number of rotatable bonds is 4. The molecule has 0 amide bonds. The monoisotopic (exact) mass is 225 g/mol. The minimum atomic E-state index is -0.360. The highest BCUT2D eigenvalue weighted by molar-refractivity contribution is 4.98. The van der Waals surface area contributed by atoms with Gasteiger partial charge in [0.2, 0.25) is 0 Å². The van der Waals surface area contributed by atoms with Gasteiger partial charge in [0.25, 0.3) is 0 Å². The van der Waals surface area contributed by atoms with Gasteiger partial charge in [-0.15, -0.1) is 0 Å². The van der Waals surface area contributed by atoms with Crippen LogP contribution in [0.1, 0.15) is 31.4 Å². The van der Waals surface area contributed by atoms with Crippen LogP contribution in [0.3, 0.4) is 0 Å². The smallest absolute Gasteiger partial charge is 0.194 e. The average molecular weight is 225 g/mol. The Morgan fingerprint density at radius 2 is 2.25 bits per heavy atom. The van der Waals surface area contributed by atoms with Crippen LogP contribution < -0.4 is 0 Å². The molecule has 1 fully saturated rings. The summed E-state index contributed by atoms with van der Waals surface area (Å²) in [4.78, 5) is 4.38. The fourth-order valence-corrected chi connectivity index (χ4v) is 2.04. The van der Waals surface area contributed by atoms with E-state index in [1.807, 2.05) is 0 Å². The first kappa shape index (κ1) is 11.6. The Morgan fingerprint density at radius 3 is 2.94 bits per heavy atom. The molecule has 0 spiro atoms. The van der Waals surface area contributed by atoms with E-state index in [0.29, 0.717) is 12.3 Å². The largest absolute Gasteiger partial charge is 0.449 e. The van der Waals surface area contributed by atoms with Crippen LogP contribution in [0.2, 0.25) is 0 Å². The van der Waals surface area contributed by atoms with Crippen LogP contribution in [-0.4, -0.2) is 29.4 Å². The third kappa shape index (κ3) is 3.32. The lowest BCUT2D eigenvalue weighted by molar-refractivity contribution is 0.0647. The van der Waals surface area contributed by atoms with Crippen LogP contribution in [0.15, 0.2) is 10.7 Å². The van der Waals surface area contributed by atoms with Crippen molar-refractivity contribution < 1.29 is 14.3 Å². The molecule has 1 aromatic heterocycles. The highest BCUT2D eigenvalue weighted by atomic mass is 16.5. The van der Waals surface area contributed by atoms with Gasteiger partial charge in [0, 0.05) is 26.1 Å². The van der Waals surface area contributed by atoms with E-state index in [1.165, 1.54) is 0 Å². The van der Waals surface area contributed by atoms with Gasteiger partial charge >= 0.3 is 0 Å². The van der Waals surface area contributed by atoms with Crippen LogP contribution in [-0.2, 0) is 17.6 Å². The number of nitrogens with zero attached hydrogens (tertiary/aromatic N) is 1. The van der Waals surface area contributed by atoms with Crippen molar-refractivity contribution in [3.63, 3.8) is 0 Å². The Hall–Kier alpha value is -0.870. The minimum Gasteiger partial charge on any atom is -0.449 e. The molecule has 0 radical (unpaired) electrons. The molecule has 90 valence electrons. The van der Waals surface area contributed by atoms with Crippen molar-refractivity contribution in [1.29, 1.82) is 0 Å². The van der Waals surface area contributed by atoms with Crippen molar-refractivity contribution in [2.24, 2.45) is 5.92 Å². The van der Waals surface area contributed by atoms with E-state index < -0.39 is 0 Å². The molecule has 1 atom stereocenters. The number of ether oxygens (including phenoxy) is 1. The Bertz CT molecular complexity index is 316. The van der Waals surface area contributed by atoms with Gasteiger partial charge in [-0.1, -0.05) is 0 Å².